The number of hydrogen-bond acceptors (Lipinski definition) is 4. The number of imide groups is 1. The zero-order chi connectivity index (χ0) is 23.1. The first-order valence-electron chi connectivity index (χ1n) is 10.8. The lowest BCUT2D eigenvalue weighted by atomic mass is 10.1. The van der Waals surface area contributed by atoms with Crippen LogP contribution in [0.2, 0.25) is 0 Å². The predicted octanol–water partition coefficient (Wildman–Crippen LogP) is 5.21. The molecule has 0 aliphatic carbocycles. The Labute approximate surface area is 200 Å². The van der Waals surface area contributed by atoms with Gasteiger partial charge in [0.05, 0.1) is 35.7 Å². The highest BCUT2D eigenvalue weighted by molar-refractivity contribution is 9.10. The van der Waals surface area contributed by atoms with E-state index in [-0.39, 0.29) is 18.2 Å². The fraction of sp³-hybridized carbons (Fsp3) is 0.192. The molecule has 33 heavy (non-hydrogen) atoms. The van der Waals surface area contributed by atoms with Gasteiger partial charge in [-0.25, -0.2) is 4.90 Å². The largest absolute Gasteiger partial charge is 0.370 e. The summed E-state index contributed by atoms with van der Waals surface area (Å²) in [4.78, 5) is 27.6. The molecule has 1 unspecified atom stereocenters. The van der Waals surface area contributed by atoms with Crippen molar-refractivity contribution in [2.45, 2.75) is 32.9 Å². The minimum atomic E-state index is -0.626. The zero-order valence-corrected chi connectivity index (χ0v) is 20.0. The molecular formula is C26H23BrN4O2. The number of hydrogen-bond donors (Lipinski definition) is 1. The number of nitrogens with one attached hydrogen (secondary N) is 1. The van der Waals surface area contributed by atoms with Gasteiger partial charge < -0.3 is 5.32 Å². The molecule has 4 aromatic rings. The van der Waals surface area contributed by atoms with Crippen molar-refractivity contribution in [3.05, 3.63) is 88.2 Å². The van der Waals surface area contributed by atoms with Gasteiger partial charge in [0, 0.05) is 9.86 Å². The molecule has 3 aromatic carbocycles. The second-order valence-corrected chi connectivity index (χ2v) is 9.21. The van der Waals surface area contributed by atoms with Crippen LogP contribution in [-0.2, 0) is 16.1 Å². The van der Waals surface area contributed by atoms with Crippen molar-refractivity contribution in [2.24, 2.45) is 0 Å². The summed E-state index contributed by atoms with van der Waals surface area (Å²) in [6.07, 6.45) is 0.110. The molecule has 0 radical (unpaired) electrons. The van der Waals surface area contributed by atoms with Crippen molar-refractivity contribution in [1.82, 2.24) is 9.78 Å². The van der Waals surface area contributed by atoms with Crippen molar-refractivity contribution >= 4 is 49.9 Å². The summed E-state index contributed by atoms with van der Waals surface area (Å²) >= 11 is 3.46. The van der Waals surface area contributed by atoms with E-state index in [9.17, 15) is 9.59 Å². The molecule has 7 heteroatoms. The lowest BCUT2D eigenvalue weighted by Crippen LogP contribution is -2.35. The SMILES string of the molecule is Cc1nn(Cc2ccc(Br)cc2)c(C)c1NC1CC(=O)N(c2cccc3ccccc23)C1=O. The first kappa shape index (κ1) is 21.4. The first-order chi connectivity index (χ1) is 15.9. The van der Waals surface area contributed by atoms with Gasteiger partial charge in [-0.05, 0) is 43.0 Å². The Bertz CT molecular complexity index is 1370. The van der Waals surface area contributed by atoms with E-state index in [0.29, 0.717) is 12.2 Å². The molecule has 1 saturated heterocycles. The highest BCUT2D eigenvalue weighted by Crippen LogP contribution is 2.32. The molecule has 0 spiro atoms. The monoisotopic (exact) mass is 502 g/mol. The molecule has 2 heterocycles. The van der Waals surface area contributed by atoms with Crippen molar-refractivity contribution in [3.8, 4) is 0 Å². The molecular weight excluding hydrogens is 480 g/mol. The highest BCUT2D eigenvalue weighted by atomic mass is 79.9. The quantitative estimate of drug-likeness (QED) is 0.380. The lowest BCUT2D eigenvalue weighted by molar-refractivity contribution is -0.121. The number of carbonyl (C=O) groups is 2. The summed E-state index contributed by atoms with van der Waals surface area (Å²) in [7, 11) is 0. The molecule has 0 saturated carbocycles. The Morgan fingerprint density at radius 3 is 2.52 bits per heavy atom. The van der Waals surface area contributed by atoms with Crippen molar-refractivity contribution < 1.29 is 9.59 Å². The summed E-state index contributed by atoms with van der Waals surface area (Å²) in [5.74, 6) is -0.442. The van der Waals surface area contributed by atoms with Crippen LogP contribution in [0.5, 0.6) is 0 Å². The summed E-state index contributed by atoms with van der Waals surface area (Å²) in [6, 6.07) is 20.9. The van der Waals surface area contributed by atoms with Gasteiger partial charge in [0.2, 0.25) is 5.91 Å². The van der Waals surface area contributed by atoms with Gasteiger partial charge >= 0.3 is 0 Å². The van der Waals surface area contributed by atoms with Crippen LogP contribution in [0.3, 0.4) is 0 Å². The van der Waals surface area contributed by atoms with Gasteiger partial charge in [0.25, 0.3) is 5.91 Å². The van der Waals surface area contributed by atoms with Crippen LogP contribution in [0.1, 0.15) is 23.4 Å². The Morgan fingerprint density at radius 2 is 1.73 bits per heavy atom. The summed E-state index contributed by atoms with van der Waals surface area (Å²) in [5, 5.41) is 9.86. The summed E-state index contributed by atoms with van der Waals surface area (Å²) in [5.41, 5.74) is 4.29. The third-order valence-electron chi connectivity index (χ3n) is 6.10. The number of aryl methyl sites for hydroxylation is 1. The molecule has 5 rings (SSSR count). The average Bonchev–Trinajstić information content (AvgIpc) is 3.24. The van der Waals surface area contributed by atoms with Crippen LogP contribution < -0.4 is 10.2 Å². The topological polar surface area (TPSA) is 67.2 Å². The average molecular weight is 503 g/mol. The maximum Gasteiger partial charge on any atom is 0.256 e. The second-order valence-electron chi connectivity index (χ2n) is 8.30. The highest BCUT2D eigenvalue weighted by Gasteiger charge is 2.40. The number of aromatic nitrogens is 2. The van der Waals surface area contributed by atoms with Gasteiger partial charge in [-0.15, -0.1) is 0 Å². The van der Waals surface area contributed by atoms with Gasteiger partial charge in [-0.3, -0.25) is 14.3 Å². The molecule has 1 atom stereocenters. The maximum atomic E-state index is 13.3. The number of rotatable bonds is 5. The van der Waals surface area contributed by atoms with E-state index in [1.54, 1.807) is 0 Å². The minimum absolute atomic E-state index is 0.110. The van der Waals surface area contributed by atoms with E-state index >= 15 is 0 Å². The number of fused-ring (bicyclic) bond motifs is 1. The number of benzene rings is 3. The Morgan fingerprint density at radius 1 is 1.00 bits per heavy atom. The third kappa shape index (κ3) is 3.93. The first-order valence-corrected chi connectivity index (χ1v) is 11.6. The van der Waals surface area contributed by atoms with Crippen LogP contribution in [0, 0.1) is 13.8 Å². The van der Waals surface area contributed by atoms with Crippen LogP contribution in [-0.4, -0.2) is 27.6 Å². The van der Waals surface area contributed by atoms with Gasteiger partial charge in [-0.2, -0.15) is 5.10 Å². The van der Waals surface area contributed by atoms with E-state index in [1.807, 2.05) is 73.1 Å². The molecule has 6 nitrogen and oxygen atoms in total. The predicted molar refractivity (Wildman–Crippen MR) is 133 cm³/mol. The molecule has 1 aromatic heterocycles. The van der Waals surface area contributed by atoms with E-state index in [4.69, 9.17) is 0 Å². The normalized spacial score (nSPS) is 16.1. The molecule has 1 fully saturated rings. The second kappa shape index (κ2) is 8.48. The third-order valence-corrected chi connectivity index (χ3v) is 6.63. The van der Waals surface area contributed by atoms with Crippen molar-refractivity contribution in [2.75, 3.05) is 10.2 Å². The molecule has 0 bridgehead atoms. The number of nitrogens with zero attached hydrogens (tertiary/aromatic N) is 3. The van der Waals surface area contributed by atoms with Crippen LogP contribution in [0.25, 0.3) is 10.8 Å². The lowest BCUT2D eigenvalue weighted by Gasteiger charge is -2.18. The molecule has 1 N–H and O–H groups in total. The van der Waals surface area contributed by atoms with Gasteiger partial charge in [0.15, 0.2) is 0 Å². The smallest absolute Gasteiger partial charge is 0.256 e. The van der Waals surface area contributed by atoms with Crippen LogP contribution in [0.15, 0.2) is 71.2 Å². The minimum Gasteiger partial charge on any atom is -0.370 e. The Balaban J connectivity index is 1.40. The van der Waals surface area contributed by atoms with Gasteiger partial charge in [0.1, 0.15) is 6.04 Å². The van der Waals surface area contributed by atoms with Crippen LogP contribution >= 0.6 is 15.9 Å². The van der Waals surface area contributed by atoms with Crippen molar-refractivity contribution in [3.63, 3.8) is 0 Å². The number of anilines is 2. The summed E-state index contributed by atoms with van der Waals surface area (Å²) < 4.78 is 2.95. The van der Waals surface area contributed by atoms with E-state index in [0.717, 1.165) is 37.9 Å². The summed E-state index contributed by atoms with van der Waals surface area (Å²) in [6.45, 7) is 4.52. The zero-order valence-electron chi connectivity index (χ0n) is 18.4. The number of halogens is 1. The van der Waals surface area contributed by atoms with Crippen molar-refractivity contribution in [1.29, 1.82) is 0 Å². The molecule has 1 aliphatic rings. The molecule has 166 valence electrons. The van der Waals surface area contributed by atoms with Gasteiger partial charge in [-0.1, -0.05) is 64.5 Å². The Hall–Kier alpha value is -3.45. The number of amides is 2. The van der Waals surface area contributed by atoms with E-state index in [1.165, 1.54) is 4.90 Å². The Kier molecular flexibility index (Phi) is 5.50. The van der Waals surface area contributed by atoms with Crippen LogP contribution in [0.4, 0.5) is 11.4 Å². The maximum absolute atomic E-state index is 13.3. The standard InChI is InChI=1S/C26H23BrN4O2/c1-16-25(17(2)30(29-16)15-18-10-12-20(27)13-11-18)28-22-14-24(32)31(26(22)33)23-9-5-7-19-6-3-4-8-21(19)23/h3-13,22,28H,14-15H2,1-2H3. The fourth-order valence-corrected chi connectivity index (χ4v) is 4.66. The number of carbonyl (C=O) groups excluding carboxylic acids is 2. The fourth-order valence-electron chi connectivity index (χ4n) is 4.40. The molecule has 1 aliphatic heterocycles. The molecule has 2 amide bonds. The van der Waals surface area contributed by atoms with E-state index < -0.39 is 6.04 Å². The van der Waals surface area contributed by atoms with E-state index in [2.05, 4.69) is 38.5 Å².